The van der Waals surface area contributed by atoms with Crippen molar-refractivity contribution in [2.24, 2.45) is 0 Å². The van der Waals surface area contributed by atoms with Gasteiger partial charge in [0, 0.05) is 20.2 Å². The molecule has 1 heterocycles. The zero-order valence-electron chi connectivity index (χ0n) is 25.6. The fraction of sp³-hybridized carbons (Fsp3) is 0. The summed E-state index contributed by atoms with van der Waals surface area (Å²) < 4.78 is 2.67. The third-order valence-corrected chi connectivity index (χ3v) is 10.9. The van der Waals surface area contributed by atoms with E-state index in [0.29, 0.717) is 0 Å². The summed E-state index contributed by atoms with van der Waals surface area (Å²) in [7, 11) is 0. The second-order valence-corrected chi connectivity index (χ2v) is 13.6. The molecular formula is C46H28S. The Balaban J connectivity index is 1.18. The summed E-state index contributed by atoms with van der Waals surface area (Å²) in [5, 5.41) is 12.9. The Hall–Kier alpha value is -5.76. The molecule has 0 bridgehead atoms. The molecule has 0 amide bonds. The molecule has 0 aliphatic carbocycles. The highest BCUT2D eigenvalue weighted by atomic mass is 32.1. The first kappa shape index (κ1) is 26.5. The van der Waals surface area contributed by atoms with Crippen molar-refractivity contribution in [1.82, 2.24) is 0 Å². The molecule has 1 heteroatoms. The van der Waals surface area contributed by atoms with Gasteiger partial charge in [0.1, 0.15) is 0 Å². The van der Waals surface area contributed by atoms with E-state index in [1.54, 1.807) is 0 Å². The van der Waals surface area contributed by atoms with Gasteiger partial charge >= 0.3 is 0 Å². The maximum absolute atomic E-state index is 2.42. The van der Waals surface area contributed by atoms with Crippen LogP contribution in [0.3, 0.4) is 0 Å². The molecule has 0 saturated heterocycles. The van der Waals surface area contributed by atoms with Crippen LogP contribution in [0.2, 0.25) is 0 Å². The van der Waals surface area contributed by atoms with E-state index in [-0.39, 0.29) is 0 Å². The maximum atomic E-state index is 2.42. The van der Waals surface area contributed by atoms with E-state index in [9.17, 15) is 0 Å². The molecular weight excluding hydrogens is 585 g/mol. The Morgan fingerprint density at radius 3 is 1.38 bits per heavy atom. The molecule has 0 fully saturated rings. The van der Waals surface area contributed by atoms with Gasteiger partial charge in [0.15, 0.2) is 0 Å². The standard InChI is InChI=1S/C46H28S/c1-2-10-29(11-3-1)32-18-19-34-25-35(21-20-33(34)24-32)45-38-14-6-8-16-40(38)46(41-17-9-7-15-39(41)45)36-22-23-37-42-26-30-12-4-5-13-31(30)27-44(42)47-43(37)28-36/h1-28H. The topological polar surface area (TPSA) is 0 Å². The van der Waals surface area contributed by atoms with Crippen molar-refractivity contribution in [3.8, 4) is 33.4 Å². The monoisotopic (exact) mass is 612 g/mol. The molecule has 1 aromatic heterocycles. The second kappa shape index (κ2) is 10.4. The van der Waals surface area contributed by atoms with E-state index in [1.165, 1.54) is 96.6 Å². The third kappa shape index (κ3) is 4.21. The van der Waals surface area contributed by atoms with Crippen molar-refractivity contribution >= 4 is 74.6 Å². The Labute approximate surface area is 276 Å². The largest absolute Gasteiger partial charge is 0.135 e. The lowest BCUT2D eigenvalue weighted by Crippen LogP contribution is -1.91. The van der Waals surface area contributed by atoms with Crippen molar-refractivity contribution in [2.75, 3.05) is 0 Å². The normalized spacial score (nSPS) is 11.8. The van der Waals surface area contributed by atoms with Crippen LogP contribution in [0.4, 0.5) is 0 Å². The number of fused-ring (bicyclic) bond motifs is 7. The summed E-state index contributed by atoms with van der Waals surface area (Å²) in [4.78, 5) is 0. The fourth-order valence-electron chi connectivity index (χ4n) is 7.58. The summed E-state index contributed by atoms with van der Waals surface area (Å²) in [5.41, 5.74) is 7.60. The van der Waals surface area contributed by atoms with Crippen LogP contribution < -0.4 is 0 Å². The minimum absolute atomic E-state index is 1.24. The van der Waals surface area contributed by atoms with Gasteiger partial charge < -0.3 is 0 Å². The zero-order chi connectivity index (χ0) is 30.9. The van der Waals surface area contributed by atoms with E-state index < -0.39 is 0 Å². The van der Waals surface area contributed by atoms with E-state index in [1.807, 2.05) is 11.3 Å². The van der Waals surface area contributed by atoms with Crippen LogP contribution in [0.15, 0.2) is 170 Å². The summed E-state index contributed by atoms with van der Waals surface area (Å²) in [6.45, 7) is 0. The van der Waals surface area contributed by atoms with Gasteiger partial charge in [0.25, 0.3) is 0 Å². The number of hydrogen-bond acceptors (Lipinski definition) is 1. The van der Waals surface area contributed by atoms with Crippen LogP contribution in [0, 0.1) is 0 Å². The predicted octanol–water partition coefficient (Wildman–Crippen LogP) is 13.7. The van der Waals surface area contributed by atoms with Crippen LogP contribution in [-0.2, 0) is 0 Å². The van der Waals surface area contributed by atoms with Crippen LogP contribution in [0.5, 0.6) is 0 Å². The summed E-state index contributed by atoms with van der Waals surface area (Å²) in [6, 6.07) is 62.8. The van der Waals surface area contributed by atoms with Crippen LogP contribution in [-0.4, -0.2) is 0 Å². The quantitative estimate of drug-likeness (QED) is 0.174. The highest BCUT2D eigenvalue weighted by Crippen LogP contribution is 2.46. The average molecular weight is 613 g/mol. The van der Waals surface area contributed by atoms with Gasteiger partial charge in [-0.05, 0) is 107 Å². The van der Waals surface area contributed by atoms with Crippen molar-refractivity contribution in [3.63, 3.8) is 0 Å². The Bertz CT molecular complexity index is 2780. The first-order chi connectivity index (χ1) is 23.3. The molecule has 0 aliphatic heterocycles. The second-order valence-electron chi connectivity index (χ2n) is 12.5. The van der Waals surface area contributed by atoms with E-state index >= 15 is 0 Å². The predicted molar refractivity (Wildman–Crippen MR) is 206 cm³/mol. The molecule has 0 N–H and O–H groups in total. The Morgan fingerprint density at radius 2 is 0.723 bits per heavy atom. The van der Waals surface area contributed by atoms with E-state index in [0.717, 1.165) is 0 Å². The van der Waals surface area contributed by atoms with Crippen LogP contribution in [0.25, 0.3) is 96.6 Å². The average Bonchev–Trinajstić information content (AvgIpc) is 3.49. The number of benzene rings is 9. The molecule has 10 rings (SSSR count). The molecule has 9 aromatic carbocycles. The highest BCUT2D eigenvalue weighted by Gasteiger charge is 2.18. The van der Waals surface area contributed by atoms with Crippen LogP contribution >= 0.6 is 11.3 Å². The van der Waals surface area contributed by atoms with Gasteiger partial charge in [-0.15, -0.1) is 11.3 Å². The van der Waals surface area contributed by atoms with Gasteiger partial charge in [-0.1, -0.05) is 140 Å². The van der Waals surface area contributed by atoms with Gasteiger partial charge in [-0.25, -0.2) is 0 Å². The molecule has 0 atom stereocenters. The van der Waals surface area contributed by atoms with Crippen molar-refractivity contribution in [1.29, 1.82) is 0 Å². The maximum Gasteiger partial charge on any atom is 0.0361 e. The molecule has 10 aromatic rings. The van der Waals surface area contributed by atoms with Gasteiger partial charge in [-0.2, -0.15) is 0 Å². The lowest BCUT2D eigenvalue weighted by atomic mass is 9.85. The van der Waals surface area contributed by atoms with Gasteiger partial charge in [0.05, 0.1) is 0 Å². The highest BCUT2D eigenvalue weighted by molar-refractivity contribution is 7.25. The van der Waals surface area contributed by atoms with Gasteiger partial charge in [-0.3, -0.25) is 0 Å². The Morgan fingerprint density at radius 1 is 0.255 bits per heavy atom. The summed E-state index contributed by atoms with van der Waals surface area (Å²) in [6.07, 6.45) is 0. The molecule has 218 valence electrons. The Kier molecular flexibility index (Phi) is 5.85. The first-order valence-electron chi connectivity index (χ1n) is 16.2. The molecule has 0 spiro atoms. The third-order valence-electron chi connectivity index (χ3n) is 9.80. The molecule has 0 unspecified atom stereocenters. The lowest BCUT2D eigenvalue weighted by molar-refractivity contribution is 1.64. The first-order valence-corrected chi connectivity index (χ1v) is 17.0. The number of thiophene rings is 1. The SMILES string of the molecule is c1ccc(-c2ccc3cc(-c4c5ccccc5c(-c5ccc6c(c5)sc5cc7ccccc7cc56)c5ccccc45)ccc3c2)cc1. The molecule has 0 aliphatic rings. The lowest BCUT2D eigenvalue weighted by Gasteiger charge is -2.18. The zero-order valence-corrected chi connectivity index (χ0v) is 26.4. The van der Waals surface area contributed by atoms with E-state index in [4.69, 9.17) is 0 Å². The molecule has 0 nitrogen and oxygen atoms in total. The van der Waals surface area contributed by atoms with Crippen molar-refractivity contribution in [3.05, 3.63) is 170 Å². The summed E-state index contributed by atoms with van der Waals surface area (Å²) >= 11 is 1.90. The van der Waals surface area contributed by atoms with Crippen LogP contribution in [0.1, 0.15) is 0 Å². The molecule has 47 heavy (non-hydrogen) atoms. The summed E-state index contributed by atoms with van der Waals surface area (Å²) in [5.74, 6) is 0. The molecule has 0 saturated carbocycles. The van der Waals surface area contributed by atoms with Gasteiger partial charge in [0.2, 0.25) is 0 Å². The fourth-order valence-corrected chi connectivity index (χ4v) is 8.75. The van der Waals surface area contributed by atoms with E-state index in [2.05, 4.69) is 170 Å². The minimum Gasteiger partial charge on any atom is -0.135 e. The number of rotatable bonds is 3. The minimum atomic E-state index is 1.24. The van der Waals surface area contributed by atoms with Crippen molar-refractivity contribution < 1.29 is 0 Å². The molecule has 0 radical (unpaired) electrons. The number of hydrogen-bond donors (Lipinski definition) is 0. The smallest absolute Gasteiger partial charge is 0.0361 e. The van der Waals surface area contributed by atoms with Crippen molar-refractivity contribution in [2.45, 2.75) is 0 Å².